The number of nitrogens with zero attached hydrogens (tertiary/aromatic N) is 3. The molecule has 1 saturated heterocycles. The monoisotopic (exact) mass is 417 g/mol. The van der Waals surface area contributed by atoms with E-state index in [0.717, 1.165) is 25.3 Å². The van der Waals surface area contributed by atoms with Gasteiger partial charge < -0.3 is 24.8 Å². The topological polar surface area (TPSA) is 101 Å². The van der Waals surface area contributed by atoms with Gasteiger partial charge in [0.15, 0.2) is 0 Å². The van der Waals surface area contributed by atoms with Crippen LogP contribution in [0.4, 0.5) is 5.69 Å². The predicted molar refractivity (Wildman–Crippen MR) is 116 cm³/mol. The van der Waals surface area contributed by atoms with E-state index in [-0.39, 0.29) is 6.01 Å². The van der Waals surface area contributed by atoms with Crippen LogP contribution in [0.2, 0.25) is 0 Å². The van der Waals surface area contributed by atoms with Crippen LogP contribution in [0.15, 0.2) is 54.7 Å². The van der Waals surface area contributed by atoms with Crippen molar-refractivity contribution in [2.24, 2.45) is 0 Å². The summed E-state index contributed by atoms with van der Waals surface area (Å²) < 4.78 is 17.0. The first kappa shape index (κ1) is 20.4. The van der Waals surface area contributed by atoms with E-state index >= 15 is 0 Å². The van der Waals surface area contributed by atoms with E-state index < -0.39 is 0 Å². The van der Waals surface area contributed by atoms with E-state index in [1.54, 1.807) is 49.7 Å². The molecule has 1 aromatic heterocycles. The minimum atomic E-state index is 0.128. The molecule has 4 rings (SSSR count). The fraction of sp³-hybridized carbons (Fsp3) is 0.261. The van der Waals surface area contributed by atoms with E-state index in [1.165, 1.54) is 6.42 Å². The van der Waals surface area contributed by atoms with Crippen LogP contribution in [0.25, 0.3) is 0 Å². The number of rotatable bonds is 8. The summed E-state index contributed by atoms with van der Waals surface area (Å²) in [7, 11) is 1.62. The normalized spacial score (nSPS) is 15.2. The molecule has 0 spiro atoms. The summed E-state index contributed by atoms with van der Waals surface area (Å²) in [4.78, 5) is 8.76. The van der Waals surface area contributed by atoms with Crippen molar-refractivity contribution in [1.29, 1.82) is 5.26 Å². The summed E-state index contributed by atoms with van der Waals surface area (Å²) in [5.41, 5.74) is 1.16. The van der Waals surface area contributed by atoms with Crippen LogP contribution in [-0.2, 0) is 0 Å². The largest absolute Gasteiger partial charge is 0.497 e. The van der Waals surface area contributed by atoms with Gasteiger partial charge in [0.25, 0.3) is 0 Å². The van der Waals surface area contributed by atoms with Gasteiger partial charge in [-0.05, 0) is 61.9 Å². The Bertz CT molecular complexity index is 1060. The van der Waals surface area contributed by atoms with Gasteiger partial charge in [-0.3, -0.25) is 0 Å². The van der Waals surface area contributed by atoms with E-state index in [0.29, 0.717) is 34.7 Å². The predicted octanol–water partition coefficient (Wildman–Crippen LogP) is 4.11. The summed E-state index contributed by atoms with van der Waals surface area (Å²) in [6, 6.07) is 16.7. The molecular formula is C23H23N5O3. The zero-order chi connectivity index (χ0) is 21.5. The number of methoxy groups -OCH3 is 1. The number of nitriles is 1. The maximum atomic E-state index is 9.08. The molecule has 31 heavy (non-hydrogen) atoms. The lowest BCUT2D eigenvalue weighted by atomic mass is 10.2. The zero-order valence-corrected chi connectivity index (χ0v) is 17.2. The SMILES string of the molecule is COc1ccc(Oc2nc(Oc3cccc(C#N)c3)ncc2NC[C@@H]2CCCN2)cc1. The van der Waals surface area contributed by atoms with Crippen LogP contribution in [-0.4, -0.2) is 36.2 Å². The van der Waals surface area contributed by atoms with Crippen molar-refractivity contribution < 1.29 is 14.2 Å². The third-order valence-electron chi connectivity index (χ3n) is 4.88. The highest BCUT2D eigenvalue weighted by molar-refractivity contribution is 5.53. The molecule has 0 aliphatic carbocycles. The molecule has 1 atom stereocenters. The summed E-state index contributed by atoms with van der Waals surface area (Å²) in [5, 5.41) is 15.9. The van der Waals surface area contributed by atoms with Gasteiger partial charge in [-0.15, -0.1) is 0 Å². The molecule has 0 amide bonds. The van der Waals surface area contributed by atoms with Gasteiger partial charge in [0, 0.05) is 12.6 Å². The van der Waals surface area contributed by atoms with Gasteiger partial charge in [-0.1, -0.05) is 6.07 Å². The highest BCUT2D eigenvalue weighted by Crippen LogP contribution is 2.31. The van der Waals surface area contributed by atoms with E-state index in [9.17, 15) is 0 Å². The molecule has 0 radical (unpaired) electrons. The molecule has 2 heterocycles. The van der Waals surface area contributed by atoms with Gasteiger partial charge in [0.1, 0.15) is 22.9 Å². The van der Waals surface area contributed by atoms with Crippen molar-refractivity contribution in [2.75, 3.05) is 25.5 Å². The third kappa shape index (κ3) is 5.41. The second-order valence-electron chi connectivity index (χ2n) is 7.06. The molecule has 2 aromatic carbocycles. The lowest BCUT2D eigenvalue weighted by molar-refractivity contribution is 0.406. The maximum Gasteiger partial charge on any atom is 0.325 e. The first-order valence-electron chi connectivity index (χ1n) is 10.1. The molecule has 1 fully saturated rings. The molecule has 8 heteroatoms. The third-order valence-corrected chi connectivity index (χ3v) is 4.88. The highest BCUT2D eigenvalue weighted by atomic mass is 16.5. The van der Waals surface area contributed by atoms with Gasteiger partial charge in [0.05, 0.1) is 24.9 Å². The standard InChI is InChI=1S/C23H23N5O3/c1-29-18-7-9-19(10-8-18)30-22-21(26-14-17-5-3-11-25-17)15-27-23(28-22)31-20-6-2-4-16(12-20)13-24/h2,4,6-10,12,15,17,25-26H,3,5,11,14H2,1H3/t17-/m0/s1. The quantitative estimate of drug-likeness (QED) is 0.565. The Balaban J connectivity index is 1.56. The van der Waals surface area contributed by atoms with Crippen LogP contribution in [0.5, 0.6) is 29.1 Å². The van der Waals surface area contributed by atoms with Crippen molar-refractivity contribution in [1.82, 2.24) is 15.3 Å². The number of anilines is 1. The Morgan fingerprint density at radius 2 is 1.97 bits per heavy atom. The molecule has 0 bridgehead atoms. The van der Waals surface area contributed by atoms with E-state index in [2.05, 4.69) is 26.7 Å². The fourth-order valence-corrected chi connectivity index (χ4v) is 3.25. The van der Waals surface area contributed by atoms with E-state index in [1.807, 2.05) is 12.1 Å². The fourth-order valence-electron chi connectivity index (χ4n) is 3.25. The molecule has 3 aromatic rings. The average Bonchev–Trinajstić information content (AvgIpc) is 3.33. The summed E-state index contributed by atoms with van der Waals surface area (Å²) >= 11 is 0. The number of hydrogen-bond donors (Lipinski definition) is 2. The summed E-state index contributed by atoms with van der Waals surface area (Å²) in [5.74, 6) is 2.18. The molecule has 1 aliphatic heterocycles. The second-order valence-corrected chi connectivity index (χ2v) is 7.06. The Kier molecular flexibility index (Phi) is 6.45. The van der Waals surface area contributed by atoms with Crippen LogP contribution >= 0.6 is 0 Å². The van der Waals surface area contributed by atoms with Crippen molar-refractivity contribution in [3.63, 3.8) is 0 Å². The molecule has 2 N–H and O–H groups in total. The first-order chi connectivity index (χ1) is 15.2. The lowest BCUT2D eigenvalue weighted by Gasteiger charge is -2.16. The number of benzene rings is 2. The average molecular weight is 417 g/mol. The molecule has 158 valence electrons. The van der Waals surface area contributed by atoms with Crippen molar-refractivity contribution in [2.45, 2.75) is 18.9 Å². The Hall–Kier alpha value is -3.83. The van der Waals surface area contributed by atoms with Crippen LogP contribution < -0.4 is 24.8 Å². The minimum absolute atomic E-state index is 0.128. The number of nitrogens with one attached hydrogen (secondary N) is 2. The number of ether oxygens (including phenoxy) is 3. The summed E-state index contributed by atoms with van der Waals surface area (Å²) in [6.07, 6.45) is 3.94. The molecular weight excluding hydrogens is 394 g/mol. The van der Waals surface area contributed by atoms with Crippen molar-refractivity contribution >= 4 is 5.69 Å². The Morgan fingerprint density at radius 3 is 2.71 bits per heavy atom. The van der Waals surface area contributed by atoms with Crippen LogP contribution in [0.3, 0.4) is 0 Å². The molecule has 0 unspecified atom stereocenters. The Morgan fingerprint density at radius 1 is 1.13 bits per heavy atom. The lowest BCUT2D eigenvalue weighted by Crippen LogP contribution is -2.29. The van der Waals surface area contributed by atoms with Crippen LogP contribution in [0.1, 0.15) is 18.4 Å². The molecule has 0 saturated carbocycles. The second kappa shape index (κ2) is 9.78. The van der Waals surface area contributed by atoms with Gasteiger partial charge >= 0.3 is 6.01 Å². The minimum Gasteiger partial charge on any atom is -0.497 e. The maximum absolute atomic E-state index is 9.08. The highest BCUT2D eigenvalue weighted by Gasteiger charge is 2.16. The smallest absolute Gasteiger partial charge is 0.325 e. The number of aromatic nitrogens is 2. The van der Waals surface area contributed by atoms with E-state index in [4.69, 9.17) is 19.5 Å². The molecule has 8 nitrogen and oxygen atoms in total. The van der Waals surface area contributed by atoms with Crippen molar-refractivity contribution in [3.05, 3.63) is 60.3 Å². The van der Waals surface area contributed by atoms with Gasteiger partial charge in [-0.2, -0.15) is 10.2 Å². The van der Waals surface area contributed by atoms with Crippen LogP contribution in [0, 0.1) is 11.3 Å². The number of hydrogen-bond acceptors (Lipinski definition) is 8. The van der Waals surface area contributed by atoms with Crippen molar-refractivity contribution in [3.8, 4) is 35.2 Å². The van der Waals surface area contributed by atoms with Gasteiger partial charge in [0.2, 0.25) is 5.88 Å². The van der Waals surface area contributed by atoms with Gasteiger partial charge in [-0.25, -0.2) is 4.98 Å². The Labute approximate surface area is 180 Å². The zero-order valence-electron chi connectivity index (χ0n) is 17.2. The first-order valence-corrected chi connectivity index (χ1v) is 10.1. The summed E-state index contributed by atoms with van der Waals surface area (Å²) in [6.45, 7) is 1.78. The molecule has 1 aliphatic rings.